The maximum Gasteiger partial charge on any atom is 0.302 e. The summed E-state index contributed by atoms with van der Waals surface area (Å²) in [6, 6.07) is 0. The lowest BCUT2D eigenvalue weighted by Crippen LogP contribution is -2.46. The van der Waals surface area contributed by atoms with E-state index in [4.69, 9.17) is 23.8 Å². The fraction of sp³-hybridized carbons (Fsp3) is 0.568. The molecule has 1 amide bonds. The van der Waals surface area contributed by atoms with Crippen molar-refractivity contribution in [1.82, 2.24) is 15.1 Å². The Morgan fingerprint density at radius 1 is 0.983 bits per heavy atom. The summed E-state index contributed by atoms with van der Waals surface area (Å²) in [5, 5.41) is 41.4. The zero-order valence-electron chi connectivity index (χ0n) is 36.2. The molecular formula is C44H60N4O12. The second-order valence-corrected chi connectivity index (χ2v) is 16.5. The van der Waals surface area contributed by atoms with Gasteiger partial charge in [0.2, 0.25) is 5.78 Å². The minimum absolute atomic E-state index is 0.0141. The third-order valence-corrected chi connectivity index (χ3v) is 12.1. The Morgan fingerprint density at radius 2 is 1.67 bits per heavy atom. The average Bonchev–Trinajstić information content (AvgIpc) is 3.50. The number of aromatic hydroxyl groups is 1. The Labute approximate surface area is 351 Å². The molecule has 6 rings (SSSR count). The monoisotopic (exact) mass is 836 g/mol. The summed E-state index contributed by atoms with van der Waals surface area (Å²) in [7, 11) is 3.54. The zero-order valence-corrected chi connectivity index (χ0v) is 36.2. The number of rotatable bonds is 6. The number of nitrogens with one attached hydrogen (secondary N) is 1. The van der Waals surface area contributed by atoms with Crippen molar-refractivity contribution in [2.75, 3.05) is 53.5 Å². The molecule has 4 aliphatic heterocycles. The van der Waals surface area contributed by atoms with Gasteiger partial charge >= 0.3 is 5.97 Å². The highest BCUT2D eigenvalue weighted by Gasteiger charge is 2.51. The van der Waals surface area contributed by atoms with E-state index in [1.54, 1.807) is 52.8 Å². The van der Waals surface area contributed by atoms with E-state index in [0.717, 1.165) is 32.3 Å². The number of hydrogen-bond donors (Lipinski definition) is 4. The lowest BCUT2D eigenvalue weighted by atomic mass is 9.78. The summed E-state index contributed by atoms with van der Waals surface area (Å²) in [6.07, 6.45) is 4.83. The molecule has 16 nitrogen and oxygen atoms in total. The van der Waals surface area contributed by atoms with Gasteiger partial charge < -0.3 is 49.3 Å². The van der Waals surface area contributed by atoms with Gasteiger partial charge in [0.25, 0.3) is 11.7 Å². The number of ether oxygens (including phenoxy) is 4. The number of carbonyl (C=O) groups is 4. The number of phenols is 1. The number of hydrogen-bond acceptors (Lipinski definition) is 15. The summed E-state index contributed by atoms with van der Waals surface area (Å²) >= 11 is 0. The van der Waals surface area contributed by atoms with Crippen LogP contribution in [0.4, 0.5) is 0 Å². The van der Waals surface area contributed by atoms with E-state index >= 15 is 0 Å². The van der Waals surface area contributed by atoms with Crippen LogP contribution in [0, 0.1) is 30.6 Å². The van der Waals surface area contributed by atoms with Gasteiger partial charge in [-0.3, -0.25) is 24.1 Å². The normalized spacial score (nSPS) is 33.5. The third kappa shape index (κ3) is 9.68. The van der Waals surface area contributed by atoms with Crippen molar-refractivity contribution in [2.24, 2.45) is 28.8 Å². The maximum absolute atomic E-state index is 14.1. The van der Waals surface area contributed by atoms with Gasteiger partial charge in [0.05, 0.1) is 47.0 Å². The number of ketones is 2. The van der Waals surface area contributed by atoms with Crippen molar-refractivity contribution < 1.29 is 58.3 Å². The van der Waals surface area contributed by atoms with Gasteiger partial charge in [-0.25, -0.2) is 0 Å². The largest absolute Gasteiger partial charge is 0.507 e. The Hall–Kier alpha value is -4.87. The first kappa shape index (κ1) is 46.2. The number of fused-ring (bicyclic) bond motifs is 14. The first-order valence-corrected chi connectivity index (χ1v) is 20.4. The van der Waals surface area contributed by atoms with Crippen molar-refractivity contribution in [1.29, 1.82) is 0 Å². The Kier molecular flexibility index (Phi) is 14.8. The standard InChI is InChI=1S/C44H60N4O12/c1-23-12-11-13-24(2)43(55)45-30-22-31(50)33-34(39(30)54)38(53)28(6)41-35(33)42(46-58-21-19-48-17-15-47(9)16-18-48)44(8,60-41)57-20-14-32(56-10)25(3)40(59-29(7)49)27(5)37(52)26(4)36(23)51/h11-14,20,22-23,25-27,32,36-37,40,51-53H,15-19,21H2,1-10H3,(H,45,55)/b12-11+,20-14+,24-13-,46-42+/t23-,25+,26+,27+,32-,36-,37+,40+,44-/m0/s1. The summed E-state index contributed by atoms with van der Waals surface area (Å²) in [5.74, 6) is -7.41. The number of nitrogens with zero attached hydrogens (tertiary/aromatic N) is 3. The molecule has 9 atom stereocenters. The van der Waals surface area contributed by atoms with E-state index in [1.165, 1.54) is 40.2 Å². The number of esters is 1. The molecule has 0 radical (unpaired) electrons. The lowest BCUT2D eigenvalue weighted by Gasteiger charge is -2.38. The summed E-state index contributed by atoms with van der Waals surface area (Å²) in [5.41, 5.74) is -0.470. The Bertz CT molecular complexity index is 1980. The minimum atomic E-state index is -1.79. The van der Waals surface area contributed by atoms with Gasteiger partial charge in [0.15, 0.2) is 11.5 Å². The van der Waals surface area contributed by atoms with E-state index in [-0.39, 0.29) is 51.6 Å². The van der Waals surface area contributed by atoms with Crippen LogP contribution in [0.25, 0.3) is 0 Å². The fourth-order valence-electron chi connectivity index (χ4n) is 8.11. The zero-order chi connectivity index (χ0) is 44.2. The molecule has 1 aromatic rings. The number of phenolic OH excluding ortho intramolecular Hbond substituents is 1. The lowest BCUT2D eigenvalue weighted by molar-refractivity contribution is -0.160. The van der Waals surface area contributed by atoms with Crippen LogP contribution in [0.15, 0.2) is 53.1 Å². The molecule has 5 aliphatic rings. The summed E-state index contributed by atoms with van der Waals surface area (Å²) in [6.45, 7) is 17.1. The number of aliphatic hydroxyl groups excluding tert-OH is 2. The van der Waals surface area contributed by atoms with Crippen molar-refractivity contribution in [3.8, 4) is 11.5 Å². The van der Waals surface area contributed by atoms with Gasteiger partial charge in [-0.15, -0.1) is 0 Å². The summed E-state index contributed by atoms with van der Waals surface area (Å²) in [4.78, 5) is 64.3. The Morgan fingerprint density at radius 3 is 2.32 bits per heavy atom. The number of oxime groups is 1. The molecule has 4 N–H and O–H groups in total. The molecule has 16 heteroatoms. The van der Waals surface area contributed by atoms with E-state index in [0.29, 0.717) is 6.54 Å². The number of aliphatic hydroxyl groups is 2. The van der Waals surface area contributed by atoms with E-state index in [1.807, 2.05) is 0 Å². The molecule has 0 unspecified atom stereocenters. The van der Waals surface area contributed by atoms with Crippen LogP contribution in [-0.2, 0) is 28.6 Å². The maximum atomic E-state index is 14.1. The number of Topliss-reactive ketones (excluding diaryl/α,β-unsaturated/α-hetero) is 1. The van der Waals surface area contributed by atoms with Crippen molar-refractivity contribution in [3.05, 3.63) is 70.2 Å². The van der Waals surface area contributed by atoms with Crippen LogP contribution in [0.2, 0.25) is 0 Å². The van der Waals surface area contributed by atoms with Crippen LogP contribution >= 0.6 is 0 Å². The van der Waals surface area contributed by atoms with Gasteiger partial charge in [-0.2, -0.15) is 0 Å². The van der Waals surface area contributed by atoms with E-state index < -0.39 is 83.1 Å². The number of carbonyl (C=O) groups excluding carboxylic acids is 4. The molecule has 4 heterocycles. The second kappa shape index (κ2) is 19.2. The average molecular weight is 837 g/mol. The highest BCUT2D eigenvalue weighted by atomic mass is 16.7. The SMILES string of the molecule is CO[C@H]1/C=C/O[C@@]2(C)Oc3c(C)c(O)c4c(c3/C2=N\OCCN2CCN(C)CC2)C(=O)C=C(NC(=O)/C(C)=C\C=C\[C@H](C)[C@H](O)[C@@H](C)[C@@H](O)[C@@H](C)[C@H](OC(C)=O)[C@@H]1C)C4=O. The number of allylic oxidation sites excluding steroid dienone is 4. The van der Waals surface area contributed by atoms with Crippen LogP contribution in [-0.4, -0.2) is 138 Å². The Balaban J connectivity index is 1.61. The molecule has 0 saturated carbocycles. The van der Waals surface area contributed by atoms with E-state index in [9.17, 15) is 34.5 Å². The topological polar surface area (TPSA) is 206 Å². The summed E-state index contributed by atoms with van der Waals surface area (Å²) < 4.78 is 24.3. The van der Waals surface area contributed by atoms with Crippen molar-refractivity contribution in [2.45, 2.75) is 85.6 Å². The van der Waals surface area contributed by atoms with Gasteiger partial charge in [-0.05, 0) is 27.0 Å². The van der Waals surface area contributed by atoms with Crippen molar-refractivity contribution in [3.63, 3.8) is 0 Å². The number of amides is 1. The fourth-order valence-corrected chi connectivity index (χ4v) is 8.11. The van der Waals surface area contributed by atoms with Crippen LogP contribution < -0.4 is 10.1 Å². The number of piperazine rings is 1. The molecule has 60 heavy (non-hydrogen) atoms. The first-order valence-electron chi connectivity index (χ1n) is 20.4. The third-order valence-electron chi connectivity index (χ3n) is 12.1. The molecule has 1 aromatic carbocycles. The molecule has 5 bridgehead atoms. The van der Waals surface area contributed by atoms with Gasteiger partial charge in [0, 0.05) is 94.6 Å². The molecule has 0 aromatic heterocycles. The van der Waals surface area contributed by atoms with E-state index in [2.05, 4.69) is 27.3 Å². The molecule has 1 fully saturated rings. The molecular weight excluding hydrogens is 776 g/mol. The number of likely N-dealkylation sites (N-methyl/N-ethyl adjacent to an activating group) is 1. The predicted octanol–water partition coefficient (Wildman–Crippen LogP) is 3.42. The van der Waals surface area contributed by atoms with Gasteiger partial charge in [-0.1, -0.05) is 51.1 Å². The van der Waals surface area contributed by atoms with Crippen LogP contribution in [0.3, 0.4) is 0 Å². The first-order chi connectivity index (χ1) is 28.3. The quantitative estimate of drug-likeness (QED) is 0.184. The van der Waals surface area contributed by atoms with Crippen LogP contribution in [0.5, 0.6) is 11.5 Å². The molecule has 0 spiro atoms. The molecule has 328 valence electrons. The van der Waals surface area contributed by atoms with Gasteiger partial charge in [0.1, 0.15) is 24.2 Å². The second-order valence-electron chi connectivity index (χ2n) is 16.5. The predicted molar refractivity (Wildman–Crippen MR) is 221 cm³/mol. The molecule has 1 aliphatic carbocycles. The molecule has 1 saturated heterocycles. The highest BCUT2D eigenvalue weighted by molar-refractivity contribution is 6.31. The highest BCUT2D eigenvalue weighted by Crippen LogP contribution is 2.48. The number of benzene rings is 1. The van der Waals surface area contributed by atoms with Crippen LogP contribution in [0.1, 0.15) is 80.3 Å². The van der Waals surface area contributed by atoms with Crippen molar-refractivity contribution >= 4 is 29.2 Å². The number of methoxy groups -OCH3 is 1. The minimum Gasteiger partial charge on any atom is -0.507 e. The smallest absolute Gasteiger partial charge is 0.302 e.